The molecule has 0 aromatic carbocycles. The average molecular weight is 223 g/mol. The summed E-state index contributed by atoms with van der Waals surface area (Å²) in [7, 11) is 0. The summed E-state index contributed by atoms with van der Waals surface area (Å²) in [5.41, 5.74) is 6.41. The first-order valence-corrected chi connectivity index (χ1v) is 5.63. The van der Waals surface area contributed by atoms with Crippen LogP contribution in [0.3, 0.4) is 0 Å². The molecule has 2 rings (SSSR count). The molecule has 1 aliphatic rings. The van der Waals surface area contributed by atoms with Crippen LogP contribution >= 0.6 is 0 Å². The number of carbonyl (C=O) groups excluding carboxylic acids is 1. The number of rotatable bonds is 2. The fraction of sp³-hybridized carbons (Fsp3) is 0.636. The van der Waals surface area contributed by atoms with Gasteiger partial charge in [0.25, 0.3) is 5.91 Å². The summed E-state index contributed by atoms with van der Waals surface area (Å²) in [5, 5.41) is 3.63. The van der Waals surface area contributed by atoms with Gasteiger partial charge in [0.2, 0.25) is 5.76 Å². The maximum atomic E-state index is 12.0. The van der Waals surface area contributed by atoms with Crippen LogP contribution < -0.4 is 5.73 Å². The predicted molar refractivity (Wildman–Crippen MR) is 58.9 cm³/mol. The van der Waals surface area contributed by atoms with Crippen LogP contribution in [-0.2, 0) is 0 Å². The molecule has 1 aromatic rings. The van der Waals surface area contributed by atoms with Crippen molar-refractivity contribution in [1.29, 1.82) is 0 Å². The van der Waals surface area contributed by atoms with Crippen molar-refractivity contribution >= 4 is 5.91 Å². The first-order valence-electron chi connectivity index (χ1n) is 5.63. The van der Waals surface area contributed by atoms with E-state index in [2.05, 4.69) is 5.16 Å². The normalized spacial score (nSPS) is 17.8. The minimum atomic E-state index is -0.0505. The SMILES string of the molecule is Cc1cnoc1C(=O)N1CCC(CN)CC1. The molecule has 5 nitrogen and oxygen atoms in total. The Morgan fingerprint density at radius 1 is 1.62 bits per heavy atom. The predicted octanol–water partition coefficient (Wildman–Crippen LogP) is 0.794. The quantitative estimate of drug-likeness (QED) is 0.804. The molecule has 16 heavy (non-hydrogen) atoms. The van der Waals surface area contributed by atoms with Gasteiger partial charge in [-0.1, -0.05) is 5.16 Å². The van der Waals surface area contributed by atoms with Crippen molar-refractivity contribution in [3.05, 3.63) is 17.5 Å². The van der Waals surface area contributed by atoms with Crippen LogP contribution in [0.1, 0.15) is 29.0 Å². The molecule has 0 unspecified atom stereocenters. The molecule has 0 saturated carbocycles. The number of hydrogen-bond donors (Lipinski definition) is 1. The van der Waals surface area contributed by atoms with Gasteiger partial charge in [-0.2, -0.15) is 0 Å². The van der Waals surface area contributed by atoms with Crippen LogP contribution in [-0.4, -0.2) is 35.6 Å². The van der Waals surface area contributed by atoms with E-state index in [1.807, 2.05) is 11.8 Å². The van der Waals surface area contributed by atoms with E-state index in [9.17, 15) is 4.79 Å². The maximum absolute atomic E-state index is 12.0. The van der Waals surface area contributed by atoms with Crippen molar-refractivity contribution in [2.75, 3.05) is 19.6 Å². The number of piperidine rings is 1. The molecule has 1 amide bonds. The van der Waals surface area contributed by atoms with Gasteiger partial charge in [-0.15, -0.1) is 0 Å². The van der Waals surface area contributed by atoms with E-state index in [0.717, 1.165) is 31.5 Å². The zero-order valence-corrected chi connectivity index (χ0v) is 9.48. The number of nitrogens with zero attached hydrogens (tertiary/aromatic N) is 2. The smallest absolute Gasteiger partial charge is 0.292 e. The first kappa shape index (κ1) is 11.1. The van der Waals surface area contributed by atoms with Crippen LogP contribution in [0.5, 0.6) is 0 Å². The van der Waals surface area contributed by atoms with Crippen LogP contribution in [0.25, 0.3) is 0 Å². The minimum Gasteiger partial charge on any atom is -0.351 e. The summed E-state index contributed by atoms with van der Waals surface area (Å²) in [6.45, 7) is 4.07. The van der Waals surface area contributed by atoms with Crippen molar-refractivity contribution in [1.82, 2.24) is 10.1 Å². The Kier molecular flexibility index (Phi) is 3.24. The average Bonchev–Trinajstić information content (AvgIpc) is 2.75. The minimum absolute atomic E-state index is 0.0505. The Bertz CT molecular complexity index is 367. The van der Waals surface area contributed by atoms with Gasteiger partial charge >= 0.3 is 0 Å². The molecule has 1 aliphatic heterocycles. The molecule has 1 aromatic heterocycles. The highest BCUT2D eigenvalue weighted by molar-refractivity contribution is 5.92. The van der Waals surface area contributed by atoms with E-state index >= 15 is 0 Å². The molecule has 0 radical (unpaired) electrons. The van der Waals surface area contributed by atoms with Gasteiger partial charge in [-0.3, -0.25) is 4.79 Å². The molecule has 2 heterocycles. The summed E-state index contributed by atoms with van der Waals surface area (Å²) in [6, 6.07) is 0. The Balaban J connectivity index is 2.00. The number of likely N-dealkylation sites (tertiary alicyclic amines) is 1. The third kappa shape index (κ3) is 2.09. The lowest BCUT2D eigenvalue weighted by Crippen LogP contribution is -2.40. The van der Waals surface area contributed by atoms with E-state index in [1.54, 1.807) is 6.20 Å². The molecular weight excluding hydrogens is 206 g/mol. The molecule has 0 bridgehead atoms. The monoisotopic (exact) mass is 223 g/mol. The second-order valence-electron chi connectivity index (χ2n) is 4.31. The number of aromatic nitrogens is 1. The fourth-order valence-corrected chi connectivity index (χ4v) is 2.01. The molecular formula is C11H17N3O2. The standard InChI is InChI=1S/C11H17N3O2/c1-8-7-13-16-10(8)11(15)14-4-2-9(6-12)3-5-14/h7,9H,2-6,12H2,1H3. The van der Waals surface area contributed by atoms with Gasteiger partial charge in [0.15, 0.2) is 0 Å². The summed E-state index contributed by atoms with van der Waals surface area (Å²) < 4.78 is 4.97. The molecule has 0 aliphatic carbocycles. The zero-order valence-electron chi connectivity index (χ0n) is 9.48. The Morgan fingerprint density at radius 3 is 2.81 bits per heavy atom. The fourth-order valence-electron chi connectivity index (χ4n) is 2.01. The van der Waals surface area contributed by atoms with Crippen molar-refractivity contribution in [2.24, 2.45) is 11.7 Å². The molecule has 0 spiro atoms. The Morgan fingerprint density at radius 2 is 2.31 bits per heavy atom. The lowest BCUT2D eigenvalue weighted by molar-refractivity contribution is 0.0650. The molecule has 5 heteroatoms. The summed E-state index contributed by atoms with van der Waals surface area (Å²) in [5.74, 6) is 0.872. The summed E-state index contributed by atoms with van der Waals surface area (Å²) in [4.78, 5) is 13.9. The first-order chi connectivity index (χ1) is 7.72. The summed E-state index contributed by atoms with van der Waals surface area (Å²) >= 11 is 0. The third-order valence-corrected chi connectivity index (χ3v) is 3.18. The second kappa shape index (κ2) is 4.65. The topological polar surface area (TPSA) is 72.4 Å². The van der Waals surface area contributed by atoms with Crippen molar-refractivity contribution in [2.45, 2.75) is 19.8 Å². The highest BCUT2D eigenvalue weighted by Crippen LogP contribution is 2.19. The molecule has 2 N–H and O–H groups in total. The lowest BCUT2D eigenvalue weighted by Gasteiger charge is -2.30. The Hall–Kier alpha value is -1.36. The Labute approximate surface area is 94.6 Å². The van der Waals surface area contributed by atoms with E-state index in [1.165, 1.54) is 0 Å². The number of amides is 1. The van der Waals surface area contributed by atoms with E-state index in [0.29, 0.717) is 18.2 Å². The van der Waals surface area contributed by atoms with Gasteiger partial charge in [0, 0.05) is 18.7 Å². The van der Waals surface area contributed by atoms with Crippen molar-refractivity contribution < 1.29 is 9.32 Å². The lowest BCUT2D eigenvalue weighted by atomic mass is 9.97. The maximum Gasteiger partial charge on any atom is 0.292 e. The zero-order chi connectivity index (χ0) is 11.5. The highest BCUT2D eigenvalue weighted by Gasteiger charge is 2.26. The molecule has 0 atom stereocenters. The summed E-state index contributed by atoms with van der Waals surface area (Å²) in [6.07, 6.45) is 3.53. The van der Waals surface area contributed by atoms with E-state index in [4.69, 9.17) is 10.3 Å². The van der Waals surface area contributed by atoms with Gasteiger partial charge in [-0.25, -0.2) is 0 Å². The van der Waals surface area contributed by atoms with Crippen LogP contribution in [0.15, 0.2) is 10.7 Å². The van der Waals surface area contributed by atoms with Crippen LogP contribution in [0, 0.1) is 12.8 Å². The number of aryl methyl sites for hydroxylation is 1. The van der Waals surface area contributed by atoms with Gasteiger partial charge in [0.05, 0.1) is 6.20 Å². The van der Waals surface area contributed by atoms with Crippen molar-refractivity contribution in [3.63, 3.8) is 0 Å². The van der Waals surface area contributed by atoms with Gasteiger partial charge in [0.1, 0.15) is 0 Å². The second-order valence-corrected chi connectivity index (χ2v) is 4.31. The number of nitrogens with two attached hydrogens (primary N) is 1. The number of carbonyl (C=O) groups is 1. The number of hydrogen-bond acceptors (Lipinski definition) is 4. The molecule has 88 valence electrons. The largest absolute Gasteiger partial charge is 0.351 e. The van der Waals surface area contributed by atoms with Crippen LogP contribution in [0.2, 0.25) is 0 Å². The van der Waals surface area contributed by atoms with Crippen LogP contribution in [0.4, 0.5) is 0 Å². The molecule has 1 fully saturated rings. The van der Waals surface area contributed by atoms with Crippen molar-refractivity contribution in [3.8, 4) is 0 Å². The van der Waals surface area contributed by atoms with E-state index in [-0.39, 0.29) is 5.91 Å². The van der Waals surface area contributed by atoms with Gasteiger partial charge < -0.3 is 15.2 Å². The third-order valence-electron chi connectivity index (χ3n) is 3.18. The molecule has 1 saturated heterocycles. The van der Waals surface area contributed by atoms with E-state index < -0.39 is 0 Å². The van der Waals surface area contributed by atoms with Gasteiger partial charge in [-0.05, 0) is 32.2 Å². The highest BCUT2D eigenvalue weighted by atomic mass is 16.5.